The molecule has 1 nitrogen and oxygen atoms in total. The largest absolute Gasteiger partial charge is 0.320 e. The molecule has 0 aliphatic heterocycles. The lowest BCUT2D eigenvalue weighted by Gasteiger charge is -2.34. The van der Waals surface area contributed by atoms with E-state index >= 15 is 0 Å². The molecule has 0 aromatic carbocycles. The highest BCUT2D eigenvalue weighted by Gasteiger charge is 2.26. The Kier molecular flexibility index (Phi) is 4.79. The summed E-state index contributed by atoms with van der Waals surface area (Å²) in [6.45, 7) is 5.98. The standard InChI is InChI=1S/C12H25N/c1-10(2)12-7-5-4-6-11(12)8-9-13-3/h10-13H,4-9H2,1-3H3. The summed E-state index contributed by atoms with van der Waals surface area (Å²) in [6.07, 6.45) is 7.28. The Morgan fingerprint density at radius 1 is 1.23 bits per heavy atom. The summed E-state index contributed by atoms with van der Waals surface area (Å²) < 4.78 is 0. The Morgan fingerprint density at radius 3 is 2.54 bits per heavy atom. The highest BCUT2D eigenvalue weighted by atomic mass is 14.8. The molecule has 0 amide bonds. The average Bonchev–Trinajstić information content (AvgIpc) is 2.15. The lowest BCUT2D eigenvalue weighted by molar-refractivity contribution is 0.171. The Bertz CT molecular complexity index is 131. The molecule has 0 radical (unpaired) electrons. The molecule has 1 N–H and O–H groups in total. The lowest BCUT2D eigenvalue weighted by Crippen LogP contribution is -2.26. The van der Waals surface area contributed by atoms with Crippen LogP contribution in [-0.4, -0.2) is 13.6 Å². The summed E-state index contributed by atoms with van der Waals surface area (Å²) in [5, 5.41) is 3.27. The second-order valence-corrected chi connectivity index (χ2v) is 4.84. The predicted molar refractivity (Wildman–Crippen MR) is 58.8 cm³/mol. The van der Waals surface area contributed by atoms with E-state index < -0.39 is 0 Å². The van der Waals surface area contributed by atoms with Gasteiger partial charge in [-0.15, -0.1) is 0 Å². The van der Waals surface area contributed by atoms with Gasteiger partial charge in [-0.3, -0.25) is 0 Å². The van der Waals surface area contributed by atoms with Crippen molar-refractivity contribution in [3.05, 3.63) is 0 Å². The van der Waals surface area contributed by atoms with Crippen LogP contribution in [0.2, 0.25) is 0 Å². The van der Waals surface area contributed by atoms with Crippen LogP contribution < -0.4 is 5.32 Å². The van der Waals surface area contributed by atoms with Crippen LogP contribution in [0, 0.1) is 17.8 Å². The summed E-state index contributed by atoms with van der Waals surface area (Å²) >= 11 is 0. The fourth-order valence-electron chi connectivity index (χ4n) is 2.80. The topological polar surface area (TPSA) is 12.0 Å². The normalized spacial score (nSPS) is 29.5. The van der Waals surface area contributed by atoms with Gasteiger partial charge in [0.05, 0.1) is 0 Å². The van der Waals surface area contributed by atoms with E-state index in [2.05, 4.69) is 26.2 Å². The molecule has 1 aliphatic carbocycles. The van der Waals surface area contributed by atoms with Crippen LogP contribution in [0.4, 0.5) is 0 Å². The van der Waals surface area contributed by atoms with E-state index in [0.717, 1.165) is 17.8 Å². The van der Waals surface area contributed by atoms with Crippen molar-refractivity contribution in [2.45, 2.75) is 46.0 Å². The maximum Gasteiger partial charge on any atom is -0.00492 e. The minimum Gasteiger partial charge on any atom is -0.320 e. The van der Waals surface area contributed by atoms with E-state index in [4.69, 9.17) is 0 Å². The molecule has 78 valence electrons. The highest BCUT2D eigenvalue weighted by molar-refractivity contribution is 4.77. The Balaban J connectivity index is 2.37. The van der Waals surface area contributed by atoms with Gasteiger partial charge in [0.25, 0.3) is 0 Å². The van der Waals surface area contributed by atoms with Crippen molar-refractivity contribution in [3.8, 4) is 0 Å². The zero-order chi connectivity index (χ0) is 9.68. The van der Waals surface area contributed by atoms with E-state index in [1.807, 2.05) is 0 Å². The van der Waals surface area contributed by atoms with Gasteiger partial charge in [0, 0.05) is 0 Å². The Labute approximate surface area is 83.3 Å². The van der Waals surface area contributed by atoms with Gasteiger partial charge >= 0.3 is 0 Å². The van der Waals surface area contributed by atoms with Gasteiger partial charge in [-0.25, -0.2) is 0 Å². The van der Waals surface area contributed by atoms with Crippen molar-refractivity contribution >= 4 is 0 Å². The molecule has 2 atom stereocenters. The molecule has 1 saturated carbocycles. The molecule has 1 heteroatoms. The van der Waals surface area contributed by atoms with Crippen LogP contribution in [0.3, 0.4) is 0 Å². The molecule has 0 spiro atoms. The first-order valence-electron chi connectivity index (χ1n) is 5.90. The first-order chi connectivity index (χ1) is 6.25. The minimum atomic E-state index is 0.891. The van der Waals surface area contributed by atoms with Crippen LogP contribution in [0.15, 0.2) is 0 Å². The fraction of sp³-hybridized carbons (Fsp3) is 1.00. The maximum atomic E-state index is 3.27. The number of hydrogen-bond acceptors (Lipinski definition) is 1. The minimum absolute atomic E-state index is 0.891. The zero-order valence-corrected chi connectivity index (χ0v) is 9.47. The van der Waals surface area contributed by atoms with Crippen molar-refractivity contribution in [2.24, 2.45) is 17.8 Å². The molecule has 0 saturated heterocycles. The molecular weight excluding hydrogens is 158 g/mol. The van der Waals surface area contributed by atoms with Gasteiger partial charge in [0.15, 0.2) is 0 Å². The maximum absolute atomic E-state index is 3.27. The Hall–Kier alpha value is -0.0400. The molecule has 0 bridgehead atoms. The van der Waals surface area contributed by atoms with E-state index in [9.17, 15) is 0 Å². The van der Waals surface area contributed by atoms with Crippen molar-refractivity contribution in [2.75, 3.05) is 13.6 Å². The predicted octanol–water partition coefficient (Wildman–Crippen LogP) is 3.06. The molecular formula is C12H25N. The van der Waals surface area contributed by atoms with Crippen LogP contribution >= 0.6 is 0 Å². The summed E-state index contributed by atoms with van der Waals surface area (Å²) in [5.74, 6) is 2.89. The highest BCUT2D eigenvalue weighted by Crippen LogP contribution is 2.36. The summed E-state index contributed by atoms with van der Waals surface area (Å²) in [4.78, 5) is 0. The number of nitrogens with one attached hydrogen (secondary N) is 1. The first kappa shape index (κ1) is 11.0. The van der Waals surface area contributed by atoms with E-state index in [0.29, 0.717) is 0 Å². The Morgan fingerprint density at radius 2 is 1.92 bits per heavy atom. The number of rotatable bonds is 4. The second kappa shape index (κ2) is 5.64. The quantitative estimate of drug-likeness (QED) is 0.706. The van der Waals surface area contributed by atoms with Crippen LogP contribution in [-0.2, 0) is 0 Å². The smallest absolute Gasteiger partial charge is 0.00492 e. The van der Waals surface area contributed by atoms with Gasteiger partial charge in [-0.05, 0) is 44.2 Å². The van der Waals surface area contributed by atoms with E-state index in [1.165, 1.54) is 38.6 Å². The molecule has 0 heterocycles. The molecule has 2 unspecified atom stereocenters. The summed E-state index contributed by atoms with van der Waals surface area (Å²) in [5.41, 5.74) is 0. The van der Waals surface area contributed by atoms with Crippen molar-refractivity contribution < 1.29 is 0 Å². The van der Waals surface area contributed by atoms with Gasteiger partial charge in [-0.1, -0.05) is 33.1 Å². The molecule has 13 heavy (non-hydrogen) atoms. The van der Waals surface area contributed by atoms with Gasteiger partial charge in [0.2, 0.25) is 0 Å². The lowest BCUT2D eigenvalue weighted by atomic mass is 9.72. The first-order valence-corrected chi connectivity index (χ1v) is 5.90. The fourth-order valence-corrected chi connectivity index (χ4v) is 2.80. The second-order valence-electron chi connectivity index (χ2n) is 4.84. The third-order valence-electron chi connectivity index (χ3n) is 3.59. The van der Waals surface area contributed by atoms with E-state index in [1.54, 1.807) is 0 Å². The summed E-state index contributed by atoms with van der Waals surface area (Å²) in [7, 11) is 2.06. The average molecular weight is 183 g/mol. The van der Waals surface area contributed by atoms with E-state index in [-0.39, 0.29) is 0 Å². The van der Waals surface area contributed by atoms with Crippen molar-refractivity contribution in [3.63, 3.8) is 0 Å². The molecule has 0 aromatic rings. The van der Waals surface area contributed by atoms with Gasteiger partial charge in [-0.2, -0.15) is 0 Å². The zero-order valence-electron chi connectivity index (χ0n) is 9.47. The molecule has 0 aromatic heterocycles. The molecule has 1 aliphatic rings. The van der Waals surface area contributed by atoms with Crippen LogP contribution in [0.5, 0.6) is 0 Å². The van der Waals surface area contributed by atoms with Crippen LogP contribution in [0.25, 0.3) is 0 Å². The summed E-state index contributed by atoms with van der Waals surface area (Å²) in [6, 6.07) is 0. The van der Waals surface area contributed by atoms with Crippen LogP contribution in [0.1, 0.15) is 46.0 Å². The molecule has 1 fully saturated rings. The molecule has 1 rings (SSSR count). The SMILES string of the molecule is CNCCC1CCCCC1C(C)C. The monoisotopic (exact) mass is 183 g/mol. The third-order valence-corrected chi connectivity index (χ3v) is 3.59. The number of hydrogen-bond donors (Lipinski definition) is 1. The van der Waals surface area contributed by atoms with Gasteiger partial charge < -0.3 is 5.32 Å². The van der Waals surface area contributed by atoms with Crippen molar-refractivity contribution in [1.29, 1.82) is 0 Å². The van der Waals surface area contributed by atoms with Crippen molar-refractivity contribution in [1.82, 2.24) is 5.32 Å². The van der Waals surface area contributed by atoms with Gasteiger partial charge in [0.1, 0.15) is 0 Å². The third kappa shape index (κ3) is 3.30.